The van der Waals surface area contributed by atoms with Gasteiger partial charge in [-0.3, -0.25) is 14.9 Å². The van der Waals surface area contributed by atoms with E-state index in [-0.39, 0.29) is 5.57 Å². The Balaban J connectivity index is 2.45. The van der Waals surface area contributed by atoms with Gasteiger partial charge in [-0.05, 0) is 18.2 Å². The second kappa shape index (κ2) is 5.34. The van der Waals surface area contributed by atoms with Gasteiger partial charge in [-0.25, -0.2) is 9.69 Å². The second-order valence-corrected chi connectivity index (χ2v) is 4.82. The Hall–Kier alpha value is -2.34. The summed E-state index contributed by atoms with van der Waals surface area (Å²) >= 11 is 5.85. The van der Waals surface area contributed by atoms with Crippen molar-refractivity contribution >= 4 is 35.1 Å². The van der Waals surface area contributed by atoms with Crippen LogP contribution in [0.5, 0.6) is 0 Å². The van der Waals surface area contributed by atoms with Crippen molar-refractivity contribution in [2.45, 2.75) is 0 Å². The van der Waals surface area contributed by atoms with Crippen molar-refractivity contribution in [1.82, 2.24) is 10.2 Å². The average Bonchev–Trinajstić information content (AvgIpc) is 2.34. The van der Waals surface area contributed by atoms with Gasteiger partial charge in [0.1, 0.15) is 5.57 Å². The van der Waals surface area contributed by atoms with Crippen molar-refractivity contribution < 1.29 is 14.4 Å². The molecule has 1 aliphatic heterocycles. The van der Waals surface area contributed by atoms with Gasteiger partial charge in [0.2, 0.25) is 0 Å². The van der Waals surface area contributed by atoms with Crippen LogP contribution in [0.4, 0.5) is 10.5 Å². The molecule has 0 spiro atoms. The molecule has 0 unspecified atom stereocenters. The van der Waals surface area contributed by atoms with Crippen molar-refractivity contribution in [1.29, 1.82) is 0 Å². The van der Waals surface area contributed by atoms with Crippen molar-refractivity contribution in [3.8, 4) is 0 Å². The highest BCUT2D eigenvalue weighted by molar-refractivity contribution is 6.38. The second-order valence-electron chi connectivity index (χ2n) is 4.39. The lowest BCUT2D eigenvalue weighted by Gasteiger charge is -2.26. The van der Waals surface area contributed by atoms with Gasteiger partial charge >= 0.3 is 6.03 Å². The minimum atomic E-state index is -0.793. The standard InChI is InChI=1S/C13H12ClN3O3/c1-16(2)7-10-11(18)15-13(20)17(12(10)19)9-5-3-4-8(14)6-9/h3-7H,1-2H3,(H,15,18,20)/b10-7-. The van der Waals surface area contributed by atoms with E-state index in [2.05, 4.69) is 5.32 Å². The molecule has 20 heavy (non-hydrogen) atoms. The fraction of sp³-hybridized carbons (Fsp3) is 0.154. The number of anilines is 1. The summed E-state index contributed by atoms with van der Waals surface area (Å²) in [5, 5.41) is 2.51. The third-order valence-corrected chi connectivity index (χ3v) is 2.79. The van der Waals surface area contributed by atoms with Crippen LogP contribution in [0, 0.1) is 0 Å². The van der Waals surface area contributed by atoms with Crippen molar-refractivity contribution in [2.24, 2.45) is 0 Å². The van der Waals surface area contributed by atoms with E-state index in [9.17, 15) is 14.4 Å². The van der Waals surface area contributed by atoms with E-state index >= 15 is 0 Å². The number of rotatable bonds is 2. The van der Waals surface area contributed by atoms with E-state index < -0.39 is 17.8 Å². The molecule has 1 saturated heterocycles. The number of hydrogen-bond donors (Lipinski definition) is 1. The van der Waals surface area contributed by atoms with Gasteiger partial charge in [0.15, 0.2) is 0 Å². The number of urea groups is 1. The van der Waals surface area contributed by atoms with Crippen LogP contribution in [0.15, 0.2) is 36.0 Å². The molecule has 1 N–H and O–H groups in total. The number of halogens is 1. The number of hydrogen-bond acceptors (Lipinski definition) is 4. The van der Waals surface area contributed by atoms with E-state index in [1.54, 1.807) is 37.2 Å². The predicted octanol–water partition coefficient (Wildman–Crippen LogP) is 1.37. The Kier molecular flexibility index (Phi) is 3.76. The van der Waals surface area contributed by atoms with Crippen LogP contribution in [-0.2, 0) is 9.59 Å². The zero-order valence-corrected chi connectivity index (χ0v) is 11.6. The first-order chi connectivity index (χ1) is 9.40. The number of carbonyl (C=O) groups is 3. The molecule has 2 rings (SSSR count). The average molecular weight is 294 g/mol. The molecule has 4 amide bonds. The maximum absolute atomic E-state index is 12.3. The minimum absolute atomic E-state index is 0.116. The van der Waals surface area contributed by atoms with Crippen LogP contribution in [0.2, 0.25) is 5.02 Å². The first-order valence-electron chi connectivity index (χ1n) is 5.73. The lowest BCUT2D eigenvalue weighted by Crippen LogP contribution is -2.54. The molecule has 0 saturated carbocycles. The van der Waals surface area contributed by atoms with E-state index in [0.717, 1.165) is 4.90 Å². The molecule has 1 aliphatic rings. The van der Waals surface area contributed by atoms with Gasteiger partial charge in [-0.2, -0.15) is 0 Å². The monoisotopic (exact) mass is 293 g/mol. The molecule has 1 aromatic rings. The predicted molar refractivity (Wildman–Crippen MR) is 74.2 cm³/mol. The van der Waals surface area contributed by atoms with Crippen molar-refractivity contribution in [3.05, 3.63) is 41.1 Å². The molecule has 0 aromatic heterocycles. The lowest BCUT2D eigenvalue weighted by atomic mass is 10.1. The molecular weight excluding hydrogens is 282 g/mol. The Bertz CT molecular complexity index is 625. The van der Waals surface area contributed by atoms with Crippen LogP contribution in [0.3, 0.4) is 0 Å². The number of benzene rings is 1. The number of barbiturate groups is 1. The Morgan fingerprint density at radius 2 is 1.95 bits per heavy atom. The van der Waals surface area contributed by atoms with Gasteiger partial charge in [0.25, 0.3) is 11.8 Å². The topological polar surface area (TPSA) is 69.7 Å². The highest BCUT2D eigenvalue weighted by Crippen LogP contribution is 2.23. The SMILES string of the molecule is CN(C)/C=C1/C(=O)NC(=O)N(c2cccc(Cl)c2)C1=O. The Morgan fingerprint density at radius 1 is 1.25 bits per heavy atom. The summed E-state index contributed by atoms with van der Waals surface area (Å²) < 4.78 is 0. The molecule has 1 heterocycles. The normalized spacial score (nSPS) is 17.4. The molecular formula is C13H12ClN3O3. The lowest BCUT2D eigenvalue weighted by molar-refractivity contribution is -0.122. The maximum Gasteiger partial charge on any atom is 0.335 e. The number of nitrogens with one attached hydrogen (secondary N) is 1. The van der Waals surface area contributed by atoms with Crippen LogP contribution in [0.25, 0.3) is 0 Å². The summed E-state index contributed by atoms with van der Waals surface area (Å²) in [4.78, 5) is 38.3. The highest BCUT2D eigenvalue weighted by atomic mass is 35.5. The molecule has 0 aliphatic carbocycles. The van der Waals surface area contributed by atoms with Crippen LogP contribution >= 0.6 is 11.6 Å². The highest BCUT2D eigenvalue weighted by Gasteiger charge is 2.37. The number of nitrogens with zero attached hydrogens (tertiary/aromatic N) is 2. The fourth-order valence-corrected chi connectivity index (χ4v) is 1.94. The summed E-state index contributed by atoms with van der Waals surface area (Å²) in [6.45, 7) is 0. The number of imide groups is 2. The van der Waals surface area contributed by atoms with Crippen molar-refractivity contribution in [3.63, 3.8) is 0 Å². The zero-order valence-electron chi connectivity index (χ0n) is 10.9. The van der Waals surface area contributed by atoms with E-state index in [1.165, 1.54) is 12.3 Å². The van der Waals surface area contributed by atoms with Gasteiger partial charge in [0, 0.05) is 25.3 Å². The molecule has 1 fully saturated rings. The number of amides is 4. The van der Waals surface area contributed by atoms with Crippen LogP contribution < -0.4 is 10.2 Å². The quantitative estimate of drug-likeness (QED) is 0.660. The summed E-state index contributed by atoms with van der Waals surface area (Å²) in [5.41, 5.74) is 0.187. The Morgan fingerprint density at radius 3 is 2.55 bits per heavy atom. The van der Waals surface area contributed by atoms with Gasteiger partial charge < -0.3 is 4.90 Å². The third-order valence-electron chi connectivity index (χ3n) is 2.56. The van der Waals surface area contributed by atoms with Gasteiger partial charge in [0.05, 0.1) is 5.69 Å². The molecule has 0 atom stereocenters. The first kappa shape index (κ1) is 14.1. The van der Waals surface area contributed by atoms with E-state index in [0.29, 0.717) is 10.7 Å². The number of carbonyl (C=O) groups excluding carboxylic acids is 3. The summed E-state index contributed by atoms with van der Waals surface area (Å²) in [6, 6.07) is 5.48. The molecule has 0 bridgehead atoms. The van der Waals surface area contributed by atoms with E-state index in [4.69, 9.17) is 11.6 Å². The molecule has 104 valence electrons. The molecule has 7 heteroatoms. The smallest absolute Gasteiger partial charge is 0.335 e. The molecule has 0 radical (unpaired) electrons. The van der Waals surface area contributed by atoms with Crippen molar-refractivity contribution in [2.75, 3.05) is 19.0 Å². The minimum Gasteiger partial charge on any atom is -0.383 e. The third kappa shape index (κ3) is 2.65. The maximum atomic E-state index is 12.3. The fourth-order valence-electron chi connectivity index (χ4n) is 1.75. The summed E-state index contributed by atoms with van der Waals surface area (Å²) in [7, 11) is 3.35. The van der Waals surface area contributed by atoms with Crippen LogP contribution in [0.1, 0.15) is 0 Å². The van der Waals surface area contributed by atoms with E-state index in [1.807, 2.05) is 0 Å². The van der Waals surface area contributed by atoms with Gasteiger partial charge in [-0.1, -0.05) is 17.7 Å². The molecule has 1 aromatic carbocycles. The zero-order chi connectivity index (χ0) is 14.9. The first-order valence-corrected chi connectivity index (χ1v) is 6.11. The summed E-state index contributed by atoms with van der Waals surface area (Å²) in [5.74, 6) is -1.40. The van der Waals surface area contributed by atoms with Crippen LogP contribution in [-0.4, -0.2) is 36.8 Å². The summed E-state index contributed by atoms with van der Waals surface area (Å²) in [6.07, 6.45) is 1.36. The molecule has 6 nitrogen and oxygen atoms in total. The van der Waals surface area contributed by atoms with Gasteiger partial charge in [-0.15, -0.1) is 0 Å². The Labute approximate surface area is 120 Å². The largest absolute Gasteiger partial charge is 0.383 e.